The van der Waals surface area contributed by atoms with Crippen LogP contribution in [0.25, 0.3) is 0 Å². The van der Waals surface area contributed by atoms with Gasteiger partial charge in [-0.1, -0.05) is 39.5 Å². The van der Waals surface area contributed by atoms with Crippen molar-refractivity contribution in [3.05, 3.63) is 0 Å². The number of unbranched alkanes of at least 4 members (excludes halogenated alkanes) is 3. The maximum Gasteiger partial charge on any atom is 0.411 e. The first-order valence-corrected chi connectivity index (χ1v) is 6.87. The van der Waals surface area contributed by atoms with Crippen LogP contribution in [0.4, 0.5) is 13.2 Å². The van der Waals surface area contributed by atoms with E-state index < -0.39 is 12.8 Å². The predicted octanol–water partition coefficient (Wildman–Crippen LogP) is 3.90. The molecule has 0 aliphatic rings. The Hall–Kier alpha value is -0.290. The molecule has 0 aromatic heterocycles. The van der Waals surface area contributed by atoms with Crippen molar-refractivity contribution in [1.29, 1.82) is 0 Å². The molecule has 0 bridgehead atoms. The molecule has 110 valence electrons. The molecule has 1 N–H and O–H groups in total. The molecular weight excluding hydrogens is 243 g/mol. The first kappa shape index (κ1) is 17.7. The fourth-order valence-electron chi connectivity index (χ4n) is 1.73. The second-order valence-electron chi connectivity index (χ2n) is 4.63. The third-order valence-corrected chi connectivity index (χ3v) is 2.67. The van der Waals surface area contributed by atoms with E-state index in [1.807, 2.05) is 6.92 Å². The second-order valence-corrected chi connectivity index (χ2v) is 4.63. The zero-order valence-corrected chi connectivity index (χ0v) is 11.5. The van der Waals surface area contributed by atoms with Gasteiger partial charge in [-0.15, -0.1) is 0 Å². The number of hydrogen-bond donors (Lipinski definition) is 1. The fraction of sp³-hybridized carbons (Fsp3) is 1.00. The van der Waals surface area contributed by atoms with E-state index in [1.165, 1.54) is 6.42 Å². The smallest absolute Gasteiger partial charge is 0.370 e. The minimum absolute atomic E-state index is 0.0455. The fourth-order valence-corrected chi connectivity index (χ4v) is 1.73. The van der Waals surface area contributed by atoms with Crippen LogP contribution in [0.3, 0.4) is 0 Å². The molecule has 1 atom stereocenters. The van der Waals surface area contributed by atoms with Crippen molar-refractivity contribution in [3.63, 3.8) is 0 Å². The molecule has 0 aliphatic heterocycles. The molecule has 0 saturated carbocycles. The quantitative estimate of drug-likeness (QED) is 0.574. The van der Waals surface area contributed by atoms with Crippen molar-refractivity contribution in [2.75, 3.05) is 19.8 Å². The number of ether oxygens (including phenoxy) is 1. The summed E-state index contributed by atoms with van der Waals surface area (Å²) in [7, 11) is 0. The highest BCUT2D eigenvalue weighted by atomic mass is 19.4. The van der Waals surface area contributed by atoms with Crippen molar-refractivity contribution in [1.82, 2.24) is 5.32 Å². The van der Waals surface area contributed by atoms with E-state index in [2.05, 4.69) is 12.2 Å². The second kappa shape index (κ2) is 10.6. The van der Waals surface area contributed by atoms with Gasteiger partial charge in [0.2, 0.25) is 0 Å². The van der Waals surface area contributed by atoms with Crippen LogP contribution >= 0.6 is 0 Å². The molecule has 0 radical (unpaired) electrons. The van der Waals surface area contributed by atoms with Crippen molar-refractivity contribution >= 4 is 0 Å². The summed E-state index contributed by atoms with van der Waals surface area (Å²) in [5, 5.41) is 3.24. The van der Waals surface area contributed by atoms with Gasteiger partial charge in [0, 0.05) is 6.04 Å². The Morgan fingerprint density at radius 3 is 2.33 bits per heavy atom. The van der Waals surface area contributed by atoms with E-state index in [1.54, 1.807) is 0 Å². The van der Waals surface area contributed by atoms with Gasteiger partial charge >= 0.3 is 6.18 Å². The average Bonchev–Trinajstić information content (AvgIpc) is 2.29. The molecule has 0 rings (SSSR count). The highest BCUT2D eigenvalue weighted by Gasteiger charge is 2.27. The summed E-state index contributed by atoms with van der Waals surface area (Å²) < 4.78 is 40.6. The molecule has 18 heavy (non-hydrogen) atoms. The van der Waals surface area contributed by atoms with E-state index in [0.717, 1.165) is 38.6 Å². The molecule has 0 amide bonds. The number of rotatable bonds is 11. The molecule has 1 unspecified atom stereocenters. The molecule has 2 nitrogen and oxygen atoms in total. The van der Waals surface area contributed by atoms with Gasteiger partial charge in [0.1, 0.15) is 6.61 Å². The van der Waals surface area contributed by atoms with E-state index in [0.29, 0.717) is 0 Å². The number of hydrogen-bond acceptors (Lipinski definition) is 2. The Kier molecular flexibility index (Phi) is 10.4. The van der Waals surface area contributed by atoms with Crippen LogP contribution in [0.15, 0.2) is 0 Å². The van der Waals surface area contributed by atoms with E-state index in [4.69, 9.17) is 4.74 Å². The third kappa shape index (κ3) is 12.2. The van der Waals surface area contributed by atoms with Gasteiger partial charge in [-0.3, -0.25) is 0 Å². The average molecular weight is 269 g/mol. The lowest BCUT2D eigenvalue weighted by atomic mass is 10.1. The lowest BCUT2D eigenvalue weighted by molar-refractivity contribution is -0.175. The van der Waals surface area contributed by atoms with Gasteiger partial charge in [0.25, 0.3) is 0 Å². The summed E-state index contributed by atoms with van der Waals surface area (Å²) >= 11 is 0. The van der Waals surface area contributed by atoms with Gasteiger partial charge in [-0.25, -0.2) is 0 Å². The number of nitrogens with one attached hydrogen (secondary N) is 1. The zero-order chi connectivity index (χ0) is 13.9. The monoisotopic (exact) mass is 269 g/mol. The topological polar surface area (TPSA) is 21.3 Å². The molecule has 0 aromatic carbocycles. The van der Waals surface area contributed by atoms with Crippen molar-refractivity contribution in [2.45, 2.75) is 64.6 Å². The van der Waals surface area contributed by atoms with Gasteiger partial charge in [0.15, 0.2) is 0 Å². The Balaban J connectivity index is 3.76. The summed E-state index contributed by atoms with van der Waals surface area (Å²) in [6.45, 7) is 4.00. The summed E-state index contributed by atoms with van der Waals surface area (Å²) in [5.74, 6) is 0. The van der Waals surface area contributed by atoms with Gasteiger partial charge in [0.05, 0.1) is 6.61 Å². The Morgan fingerprint density at radius 1 is 1.06 bits per heavy atom. The minimum Gasteiger partial charge on any atom is -0.370 e. The molecule has 0 aliphatic carbocycles. The van der Waals surface area contributed by atoms with Crippen LogP contribution in [-0.2, 0) is 4.74 Å². The lowest BCUT2D eigenvalue weighted by Gasteiger charge is -2.19. The lowest BCUT2D eigenvalue weighted by Crippen LogP contribution is -2.35. The molecule has 5 heteroatoms. The number of alkyl halides is 3. The summed E-state index contributed by atoms with van der Waals surface area (Å²) in [6.07, 6.45) is 2.17. The van der Waals surface area contributed by atoms with Crippen molar-refractivity contribution in [3.8, 4) is 0 Å². The van der Waals surface area contributed by atoms with Crippen LogP contribution in [0, 0.1) is 0 Å². The molecular formula is C13H26F3NO. The third-order valence-electron chi connectivity index (χ3n) is 2.67. The van der Waals surface area contributed by atoms with Gasteiger partial charge in [-0.2, -0.15) is 13.2 Å². The normalized spacial score (nSPS) is 13.8. The van der Waals surface area contributed by atoms with Crippen LogP contribution in [0.1, 0.15) is 52.4 Å². The summed E-state index contributed by atoms with van der Waals surface area (Å²) in [6, 6.07) is 0.0455. The Morgan fingerprint density at radius 2 is 1.78 bits per heavy atom. The van der Waals surface area contributed by atoms with E-state index in [-0.39, 0.29) is 12.6 Å². The maximum atomic E-state index is 12.0. The molecule has 0 aromatic rings. The molecule has 0 fully saturated rings. The first-order valence-electron chi connectivity index (χ1n) is 6.87. The first-order chi connectivity index (χ1) is 8.49. The summed E-state index contributed by atoms with van der Waals surface area (Å²) in [4.78, 5) is 0. The van der Waals surface area contributed by atoms with Crippen molar-refractivity contribution < 1.29 is 17.9 Å². The van der Waals surface area contributed by atoms with Crippen LogP contribution in [-0.4, -0.2) is 32.0 Å². The summed E-state index contributed by atoms with van der Waals surface area (Å²) in [5.41, 5.74) is 0. The highest BCUT2D eigenvalue weighted by Crippen LogP contribution is 2.15. The Bertz CT molecular complexity index is 186. The Labute approximate surface area is 108 Å². The molecule has 0 saturated heterocycles. The minimum atomic E-state index is -4.22. The number of halogens is 3. The molecule has 0 heterocycles. The van der Waals surface area contributed by atoms with Crippen LogP contribution < -0.4 is 5.32 Å². The van der Waals surface area contributed by atoms with Gasteiger partial charge < -0.3 is 10.1 Å². The van der Waals surface area contributed by atoms with Crippen LogP contribution in [0.5, 0.6) is 0 Å². The van der Waals surface area contributed by atoms with E-state index in [9.17, 15) is 13.2 Å². The molecule has 0 spiro atoms. The van der Waals surface area contributed by atoms with Gasteiger partial charge in [-0.05, 0) is 19.4 Å². The SMILES string of the molecule is CCCCCCC(COCC(F)(F)F)NCCC. The van der Waals surface area contributed by atoms with E-state index >= 15 is 0 Å². The predicted molar refractivity (Wildman–Crippen MR) is 67.7 cm³/mol. The maximum absolute atomic E-state index is 12.0. The standard InChI is InChI=1S/C13H26F3NO/c1-3-5-6-7-8-12(17-9-4-2)10-18-11-13(14,15)16/h12,17H,3-11H2,1-2H3. The van der Waals surface area contributed by atoms with Crippen molar-refractivity contribution in [2.24, 2.45) is 0 Å². The largest absolute Gasteiger partial charge is 0.411 e. The van der Waals surface area contributed by atoms with Crippen LogP contribution in [0.2, 0.25) is 0 Å². The highest BCUT2D eigenvalue weighted by molar-refractivity contribution is 4.66. The zero-order valence-electron chi connectivity index (χ0n) is 11.5.